The summed E-state index contributed by atoms with van der Waals surface area (Å²) in [5, 5.41) is 19.5. The Kier molecular flexibility index (Phi) is 5.82. The highest BCUT2D eigenvalue weighted by atomic mass is 16.4. The molecule has 0 aromatic heterocycles. The van der Waals surface area contributed by atoms with Crippen LogP contribution in [0.15, 0.2) is 0 Å². The molecule has 6 heteroatoms. The average molecular weight is 204 g/mol. The first kappa shape index (κ1) is 12.9. The summed E-state index contributed by atoms with van der Waals surface area (Å²) < 4.78 is 0. The van der Waals surface area contributed by atoms with Gasteiger partial charge in [0.2, 0.25) is 5.91 Å². The van der Waals surface area contributed by atoms with Gasteiger partial charge in [-0.15, -0.1) is 0 Å². The monoisotopic (exact) mass is 204 g/mol. The predicted octanol–water partition coefficient (Wildman–Crippen LogP) is -1.47. The van der Waals surface area contributed by atoms with E-state index < -0.39 is 12.1 Å². The molecule has 2 atom stereocenters. The molecule has 0 spiro atoms. The summed E-state index contributed by atoms with van der Waals surface area (Å²) in [6.45, 7) is 1.74. The number of amides is 1. The van der Waals surface area contributed by atoms with E-state index in [-0.39, 0.29) is 24.9 Å². The van der Waals surface area contributed by atoms with Crippen molar-refractivity contribution in [3.8, 4) is 0 Å². The predicted molar refractivity (Wildman–Crippen MR) is 49.5 cm³/mol. The van der Waals surface area contributed by atoms with Crippen molar-refractivity contribution in [1.29, 1.82) is 0 Å². The zero-order valence-electron chi connectivity index (χ0n) is 8.06. The first-order valence-corrected chi connectivity index (χ1v) is 4.41. The van der Waals surface area contributed by atoms with Gasteiger partial charge in [-0.2, -0.15) is 0 Å². The van der Waals surface area contributed by atoms with Crippen LogP contribution < -0.4 is 11.1 Å². The lowest BCUT2D eigenvalue weighted by Gasteiger charge is -2.13. The van der Waals surface area contributed by atoms with Crippen LogP contribution in [0.25, 0.3) is 0 Å². The summed E-state index contributed by atoms with van der Waals surface area (Å²) in [5.74, 6) is -2.00. The molecule has 0 aromatic carbocycles. The number of rotatable bonds is 6. The molecule has 0 aliphatic rings. The van der Waals surface area contributed by atoms with E-state index in [0.717, 1.165) is 0 Å². The smallest absolute Gasteiger partial charge is 0.334 e. The first-order valence-electron chi connectivity index (χ1n) is 4.41. The Hall–Kier alpha value is -1.14. The van der Waals surface area contributed by atoms with Crippen molar-refractivity contribution in [2.45, 2.75) is 19.4 Å². The standard InChI is InChI=1S/C8H16N2O4/c1-2-5(3-9)7(12)10-4-6(11)8(13)14/h5-6,11H,2-4,9H2,1H3,(H,10,12)(H,13,14)/t5?,6-/m0/s1. The molecule has 0 heterocycles. The quantitative estimate of drug-likeness (QED) is 0.422. The molecule has 14 heavy (non-hydrogen) atoms. The van der Waals surface area contributed by atoms with Crippen molar-refractivity contribution in [2.24, 2.45) is 11.7 Å². The molecule has 1 amide bonds. The first-order chi connectivity index (χ1) is 6.52. The average Bonchev–Trinajstić information content (AvgIpc) is 2.15. The summed E-state index contributed by atoms with van der Waals surface area (Å²) in [5.41, 5.74) is 5.31. The minimum Gasteiger partial charge on any atom is -0.479 e. The molecule has 1 unspecified atom stereocenters. The molecule has 6 nitrogen and oxygen atoms in total. The Balaban J connectivity index is 3.89. The van der Waals surface area contributed by atoms with Crippen LogP contribution in [-0.4, -0.2) is 41.3 Å². The van der Waals surface area contributed by atoms with Crippen molar-refractivity contribution in [3.63, 3.8) is 0 Å². The Morgan fingerprint density at radius 1 is 1.50 bits per heavy atom. The fourth-order valence-corrected chi connectivity index (χ4v) is 0.888. The number of nitrogens with one attached hydrogen (secondary N) is 1. The third-order valence-corrected chi connectivity index (χ3v) is 1.90. The molecule has 0 rings (SSSR count). The van der Waals surface area contributed by atoms with Crippen molar-refractivity contribution in [2.75, 3.05) is 13.1 Å². The molecule has 5 N–H and O–H groups in total. The Morgan fingerprint density at radius 2 is 2.07 bits per heavy atom. The zero-order valence-corrected chi connectivity index (χ0v) is 8.06. The van der Waals surface area contributed by atoms with Gasteiger partial charge in [0, 0.05) is 12.5 Å². The summed E-state index contributed by atoms with van der Waals surface area (Å²) in [4.78, 5) is 21.4. The van der Waals surface area contributed by atoms with Crippen LogP contribution in [0.5, 0.6) is 0 Å². The van der Waals surface area contributed by atoms with Crippen molar-refractivity contribution in [1.82, 2.24) is 5.32 Å². The van der Waals surface area contributed by atoms with E-state index in [1.54, 1.807) is 0 Å². The van der Waals surface area contributed by atoms with Crippen LogP contribution in [0, 0.1) is 5.92 Å². The number of hydrogen-bond donors (Lipinski definition) is 4. The van der Waals surface area contributed by atoms with Gasteiger partial charge in [-0.3, -0.25) is 4.79 Å². The molecular formula is C8H16N2O4. The fraction of sp³-hybridized carbons (Fsp3) is 0.750. The molecule has 82 valence electrons. The maximum Gasteiger partial charge on any atom is 0.334 e. The minimum atomic E-state index is -1.56. The van der Waals surface area contributed by atoms with Gasteiger partial charge >= 0.3 is 5.97 Å². The van der Waals surface area contributed by atoms with E-state index in [1.807, 2.05) is 6.92 Å². The number of carboxylic acid groups (broad SMARTS) is 1. The van der Waals surface area contributed by atoms with Gasteiger partial charge in [-0.05, 0) is 6.42 Å². The minimum absolute atomic E-state index is 0.214. The van der Waals surface area contributed by atoms with E-state index >= 15 is 0 Å². The highest BCUT2D eigenvalue weighted by Crippen LogP contribution is 1.99. The Bertz CT molecular complexity index is 204. The van der Waals surface area contributed by atoms with Gasteiger partial charge in [-0.1, -0.05) is 6.92 Å². The maximum atomic E-state index is 11.2. The molecule has 0 aliphatic carbocycles. The molecule has 0 aromatic rings. The zero-order chi connectivity index (χ0) is 11.1. The molecule has 0 saturated carbocycles. The third-order valence-electron chi connectivity index (χ3n) is 1.90. The largest absolute Gasteiger partial charge is 0.479 e. The second-order valence-electron chi connectivity index (χ2n) is 2.94. The molecule has 0 radical (unpaired) electrons. The van der Waals surface area contributed by atoms with Crippen molar-refractivity contribution >= 4 is 11.9 Å². The fourth-order valence-electron chi connectivity index (χ4n) is 0.888. The highest BCUT2D eigenvalue weighted by molar-refractivity contribution is 5.80. The van der Waals surface area contributed by atoms with E-state index in [1.165, 1.54) is 0 Å². The van der Waals surface area contributed by atoms with Crippen LogP contribution in [0.1, 0.15) is 13.3 Å². The molecule has 0 fully saturated rings. The van der Waals surface area contributed by atoms with Gasteiger partial charge in [0.25, 0.3) is 0 Å². The number of aliphatic hydroxyl groups is 1. The molecule has 0 aliphatic heterocycles. The SMILES string of the molecule is CCC(CN)C(=O)NC[C@H](O)C(=O)O. The van der Waals surface area contributed by atoms with Crippen LogP contribution in [0.4, 0.5) is 0 Å². The van der Waals surface area contributed by atoms with E-state index in [0.29, 0.717) is 6.42 Å². The molecule has 0 saturated heterocycles. The normalized spacial score (nSPS) is 14.5. The third kappa shape index (κ3) is 4.20. The summed E-state index contributed by atoms with van der Waals surface area (Å²) in [6.07, 6.45) is -0.972. The molecule has 0 bridgehead atoms. The molecular weight excluding hydrogens is 188 g/mol. The lowest BCUT2D eigenvalue weighted by molar-refractivity contribution is -0.146. The summed E-state index contributed by atoms with van der Waals surface area (Å²) in [6, 6.07) is 0. The topological polar surface area (TPSA) is 113 Å². The van der Waals surface area contributed by atoms with Crippen molar-refractivity contribution in [3.05, 3.63) is 0 Å². The van der Waals surface area contributed by atoms with E-state index in [4.69, 9.17) is 15.9 Å². The second-order valence-corrected chi connectivity index (χ2v) is 2.94. The van der Waals surface area contributed by atoms with Gasteiger partial charge in [0.15, 0.2) is 6.10 Å². The summed E-state index contributed by atoms with van der Waals surface area (Å²) in [7, 11) is 0. The van der Waals surface area contributed by atoms with Crippen LogP contribution in [0.3, 0.4) is 0 Å². The van der Waals surface area contributed by atoms with Crippen LogP contribution in [0.2, 0.25) is 0 Å². The number of hydrogen-bond acceptors (Lipinski definition) is 4. The number of carboxylic acids is 1. The van der Waals surface area contributed by atoms with Gasteiger partial charge in [0.1, 0.15) is 0 Å². The summed E-state index contributed by atoms with van der Waals surface area (Å²) >= 11 is 0. The number of carbonyl (C=O) groups is 2. The van der Waals surface area contributed by atoms with Crippen LogP contribution >= 0.6 is 0 Å². The Labute approximate surface area is 82.1 Å². The van der Waals surface area contributed by atoms with E-state index in [9.17, 15) is 9.59 Å². The number of aliphatic carboxylic acids is 1. The lowest BCUT2D eigenvalue weighted by atomic mass is 10.1. The maximum absolute atomic E-state index is 11.2. The van der Waals surface area contributed by atoms with Gasteiger partial charge in [0.05, 0.1) is 6.54 Å². The van der Waals surface area contributed by atoms with Crippen molar-refractivity contribution < 1.29 is 19.8 Å². The second kappa shape index (κ2) is 6.33. The van der Waals surface area contributed by atoms with Crippen LogP contribution in [-0.2, 0) is 9.59 Å². The number of aliphatic hydroxyl groups excluding tert-OH is 1. The van der Waals surface area contributed by atoms with Gasteiger partial charge < -0.3 is 21.3 Å². The van der Waals surface area contributed by atoms with E-state index in [2.05, 4.69) is 5.32 Å². The number of carbonyl (C=O) groups excluding carboxylic acids is 1. The lowest BCUT2D eigenvalue weighted by Crippen LogP contribution is -2.41. The van der Waals surface area contributed by atoms with Gasteiger partial charge in [-0.25, -0.2) is 4.79 Å². The Morgan fingerprint density at radius 3 is 2.43 bits per heavy atom. The highest BCUT2D eigenvalue weighted by Gasteiger charge is 2.18. The number of nitrogens with two attached hydrogens (primary N) is 1.